The molecule has 0 aromatic heterocycles. The molecule has 3 fully saturated rings. The minimum absolute atomic E-state index is 0.0465. The van der Waals surface area contributed by atoms with Gasteiger partial charge in [-0.15, -0.1) is 0 Å². The van der Waals surface area contributed by atoms with Gasteiger partial charge in [0.2, 0.25) is 0 Å². The quantitative estimate of drug-likeness (QED) is 0.740. The highest BCUT2D eigenvalue weighted by atomic mass is 16.4. The Morgan fingerprint density at radius 2 is 1.83 bits per heavy atom. The van der Waals surface area contributed by atoms with E-state index in [0.717, 1.165) is 51.6 Å². The predicted octanol–water partition coefficient (Wildman–Crippen LogP) is 0.414. The van der Waals surface area contributed by atoms with Crippen LogP contribution in [0.25, 0.3) is 0 Å². The van der Waals surface area contributed by atoms with Crippen molar-refractivity contribution in [3.05, 3.63) is 0 Å². The first kappa shape index (κ1) is 16.5. The van der Waals surface area contributed by atoms with Crippen molar-refractivity contribution < 1.29 is 14.7 Å². The third kappa shape index (κ3) is 4.14. The molecule has 2 aliphatic carbocycles. The second-order valence-corrected chi connectivity index (χ2v) is 6.98. The molecule has 1 heterocycles. The molecule has 0 aromatic rings. The number of carbonyl (C=O) groups is 2. The summed E-state index contributed by atoms with van der Waals surface area (Å²) in [5, 5.41) is 12.0. The summed E-state index contributed by atoms with van der Waals surface area (Å²) in [7, 11) is 0. The van der Waals surface area contributed by atoms with Gasteiger partial charge >= 0.3 is 12.0 Å². The van der Waals surface area contributed by atoms with Crippen LogP contribution >= 0.6 is 0 Å². The fraction of sp³-hybridized carbons (Fsp3) is 0.875. The van der Waals surface area contributed by atoms with Crippen molar-refractivity contribution in [3.8, 4) is 0 Å². The maximum Gasteiger partial charge on any atom is 0.317 e. The lowest BCUT2D eigenvalue weighted by Crippen LogP contribution is -2.59. The number of rotatable bonds is 6. The van der Waals surface area contributed by atoms with Crippen LogP contribution in [-0.4, -0.2) is 89.2 Å². The highest BCUT2D eigenvalue weighted by Gasteiger charge is 2.36. The number of nitrogens with one attached hydrogen (secondary N) is 1. The predicted molar refractivity (Wildman–Crippen MR) is 86.4 cm³/mol. The highest BCUT2D eigenvalue weighted by molar-refractivity contribution is 5.74. The van der Waals surface area contributed by atoms with Crippen LogP contribution in [0.1, 0.15) is 32.6 Å². The van der Waals surface area contributed by atoms with Crippen molar-refractivity contribution in [1.29, 1.82) is 0 Å². The molecule has 130 valence electrons. The van der Waals surface area contributed by atoms with Crippen LogP contribution in [0.2, 0.25) is 0 Å². The van der Waals surface area contributed by atoms with E-state index < -0.39 is 5.97 Å². The number of urea groups is 1. The number of likely N-dealkylation sites (N-methyl/N-ethyl adjacent to an activating group) is 1. The Balaban J connectivity index is 1.36. The van der Waals surface area contributed by atoms with Gasteiger partial charge in [-0.05, 0) is 32.2 Å². The van der Waals surface area contributed by atoms with Crippen LogP contribution in [0, 0.1) is 0 Å². The maximum atomic E-state index is 12.3. The van der Waals surface area contributed by atoms with E-state index in [0.29, 0.717) is 0 Å². The summed E-state index contributed by atoms with van der Waals surface area (Å²) in [6.07, 6.45) is 4.35. The van der Waals surface area contributed by atoms with Crippen LogP contribution in [0.15, 0.2) is 0 Å². The molecule has 23 heavy (non-hydrogen) atoms. The molecule has 0 spiro atoms. The first-order valence-corrected chi connectivity index (χ1v) is 8.82. The van der Waals surface area contributed by atoms with Crippen molar-refractivity contribution in [3.63, 3.8) is 0 Å². The Labute approximate surface area is 137 Å². The van der Waals surface area contributed by atoms with E-state index in [9.17, 15) is 9.59 Å². The Kier molecular flexibility index (Phi) is 5.06. The van der Waals surface area contributed by atoms with Crippen LogP contribution in [-0.2, 0) is 4.79 Å². The number of aliphatic carboxylic acids is 1. The van der Waals surface area contributed by atoms with Crippen molar-refractivity contribution in [2.45, 2.75) is 50.7 Å². The average molecular weight is 324 g/mol. The zero-order valence-corrected chi connectivity index (χ0v) is 13.9. The number of carboxylic acid groups (broad SMARTS) is 1. The molecule has 3 aliphatic rings. The molecule has 0 atom stereocenters. The lowest BCUT2D eigenvalue weighted by atomic mass is 9.85. The fourth-order valence-corrected chi connectivity index (χ4v) is 3.67. The molecule has 2 amide bonds. The molecule has 0 aromatic carbocycles. The first-order chi connectivity index (χ1) is 11.1. The monoisotopic (exact) mass is 324 g/mol. The molecule has 0 radical (unpaired) electrons. The summed E-state index contributed by atoms with van der Waals surface area (Å²) in [4.78, 5) is 29.5. The number of nitrogens with zero attached hydrogens (tertiary/aromatic N) is 3. The molecule has 3 rings (SSSR count). The normalized spacial score (nSPS) is 28.5. The molecular formula is C16H28N4O3. The lowest BCUT2D eigenvalue weighted by Gasteiger charge is -2.43. The Morgan fingerprint density at radius 3 is 2.35 bits per heavy atom. The molecular weight excluding hydrogens is 296 g/mol. The van der Waals surface area contributed by atoms with Crippen molar-refractivity contribution in [2.24, 2.45) is 0 Å². The number of carboxylic acids is 1. The van der Waals surface area contributed by atoms with Crippen LogP contribution in [0.4, 0.5) is 4.79 Å². The number of piperazine rings is 1. The zero-order chi connectivity index (χ0) is 16.4. The smallest absolute Gasteiger partial charge is 0.317 e. The molecule has 1 saturated heterocycles. The summed E-state index contributed by atoms with van der Waals surface area (Å²) in [6.45, 7) is 6.43. The van der Waals surface area contributed by atoms with Crippen molar-refractivity contribution in [2.75, 3.05) is 39.3 Å². The lowest BCUT2D eigenvalue weighted by molar-refractivity contribution is -0.139. The minimum Gasteiger partial charge on any atom is -0.480 e. The zero-order valence-electron chi connectivity index (χ0n) is 13.9. The topological polar surface area (TPSA) is 76.1 Å². The third-order valence-corrected chi connectivity index (χ3v) is 5.37. The van der Waals surface area contributed by atoms with Crippen molar-refractivity contribution in [1.82, 2.24) is 20.0 Å². The molecule has 2 saturated carbocycles. The molecule has 0 bridgehead atoms. The number of hydrogen-bond acceptors (Lipinski definition) is 4. The average Bonchev–Trinajstić information content (AvgIpc) is 3.33. The maximum absolute atomic E-state index is 12.3. The van der Waals surface area contributed by atoms with Crippen LogP contribution in [0.3, 0.4) is 0 Å². The number of hydrogen-bond donors (Lipinski definition) is 2. The summed E-state index contributed by atoms with van der Waals surface area (Å²) in [5.74, 6) is -0.784. The summed E-state index contributed by atoms with van der Waals surface area (Å²) in [5.41, 5.74) is 0. The van der Waals surface area contributed by atoms with E-state index in [1.807, 2.05) is 16.7 Å². The van der Waals surface area contributed by atoms with Gasteiger partial charge in [0.1, 0.15) is 0 Å². The Morgan fingerprint density at radius 1 is 1.17 bits per heavy atom. The highest BCUT2D eigenvalue weighted by Crippen LogP contribution is 2.28. The van der Waals surface area contributed by atoms with Gasteiger partial charge in [0.25, 0.3) is 0 Å². The van der Waals surface area contributed by atoms with Gasteiger partial charge in [-0.2, -0.15) is 0 Å². The molecule has 0 unspecified atom stereocenters. The van der Waals surface area contributed by atoms with Gasteiger partial charge in [-0.1, -0.05) is 6.92 Å². The van der Waals surface area contributed by atoms with Crippen LogP contribution < -0.4 is 5.32 Å². The van der Waals surface area contributed by atoms with Gasteiger partial charge in [0, 0.05) is 44.3 Å². The Hall–Kier alpha value is -1.34. The number of carbonyl (C=O) groups excluding carboxylic acids is 1. The number of amides is 2. The Bertz CT molecular complexity index is 441. The standard InChI is InChI=1S/C16H28N4O3/c1-2-18(11-15(21)22)14-9-12(10-14)17-16(23)20-7-5-19(6-8-20)13-3-4-13/h12-14H,2-11H2,1H3,(H,17,23)(H,21,22). The third-order valence-electron chi connectivity index (χ3n) is 5.37. The van der Waals surface area contributed by atoms with Gasteiger partial charge < -0.3 is 15.3 Å². The molecule has 2 N–H and O–H groups in total. The van der Waals surface area contributed by atoms with Gasteiger partial charge in [-0.3, -0.25) is 14.6 Å². The van der Waals surface area contributed by atoms with E-state index >= 15 is 0 Å². The summed E-state index contributed by atoms with van der Waals surface area (Å²) >= 11 is 0. The van der Waals surface area contributed by atoms with E-state index in [4.69, 9.17) is 5.11 Å². The van der Waals surface area contributed by atoms with E-state index in [-0.39, 0.29) is 24.7 Å². The summed E-state index contributed by atoms with van der Waals surface area (Å²) < 4.78 is 0. The van der Waals surface area contributed by atoms with Gasteiger partial charge in [0.15, 0.2) is 0 Å². The van der Waals surface area contributed by atoms with Gasteiger partial charge in [-0.25, -0.2) is 4.79 Å². The van der Waals surface area contributed by atoms with Crippen molar-refractivity contribution >= 4 is 12.0 Å². The first-order valence-electron chi connectivity index (χ1n) is 8.82. The molecule has 1 aliphatic heterocycles. The van der Waals surface area contributed by atoms with Gasteiger partial charge in [0.05, 0.1) is 6.54 Å². The molecule has 7 heteroatoms. The second kappa shape index (κ2) is 7.05. The van der Waals surface area contributed by atoms with E-state index in [1.165, 1.54) is 12.8 Å². The summed E-state index contributed by atoms with van der Waals surface area (Å²) in [6, 6.07) is 1.30. The second-order valence-electron chi connectivity index (χ2n) is 6.98. The minimum atomic E-state index is -0.784. The fourth-order valence-electron chi connectivity index (χ4n) is 3.67. The van der Waals surface area contributed by atoms with Crippen LogP contribution in [0.5, 0.6) is 0 Å². The van der Waals surface area contributed by atoms with E-state index in [1.54, 1.807) is 0 Å². The molecule has 7 nitrogen and oxygen atoms in total. The van der Waals surface area contributed by atoms with E-state index in [2.05, 4.69) is 10.2 Å². The SMILES string of the molecule is CCN(CC(=O)O)C1CC(NC(=O)N2CCN(C3CC3)CC2)C1. The largest absolute Gasteiger partial charge is 0.480 e.